The lowest BCUT2D eigenvalue weighted by atomic mass is 10.0. The Kier molecular flexibility index (Phi) is 3.88. The molecule has 0 unspecified atom stereocenters. The molecule has 1 heterocycles. The van der Waals surface area contributed by atoms with Crippen LogP contribution in [0.15, 0.2) is 53.6 Å². The van der Waals surface area contributed by atoms with Crippen LogP contribution >= 0.6 is 11.6 Å². The van der Waals surface area contributed by atoms with E-state index in [1.807, 2.05) is 24.3 Å². The molecular weight excluding hydrogens is 288 g/mol. The Morgan fingerprint density at radius 3 is 2.76 bits per heavy atom. The second-order valence-corrected chi connectivity index (χ2v) is 4.98. The number of amides is 1. The van der Waals surface area contributed by atoms with Crippen LogP contribution in [0.1, 0.15) is 22.3 Å². The van der Waals surface area contributed by atoms with Crippen LogP contribution in [-0.4, -0.2) is 18.2 Å². The summed E-state index contributed by atoms with van der Waals surface area (Å²) in [5.74, 6) is 0.464. The van der Waals surface area contributed by atoms with Gasteiger partial charge < -0.3 is 4.74 Å². The first-order valence-electron chi connectivity index (χ1n) is 6.59. The van der Waals surface area contributed by atoms with Gasteiger partial charge in [-0.2, -0.15) is 5.10 Å². The van der Waals surface area contributed by atoms with Gasteiger partial charge in [-0.25, -0.2) is 5.43 Å². The topological polar surface area (TPSA) is 50.7 Å². The summed E-state index contributed by atoms with van der Waals surface area (Å²) in [5.41, 5.74) is 4.67. The number of para-hydroxylation sites is 1. The number of ether oxygens (including phenoxy) is 1. The summed E-state index contributed by atoms with van der Waals surface area (Å²) in [6, 6.07) is 14.5. The van der Waals surface area contributed by atoms with Crippen molar-refractivity contribution in [2.45, 2.75) is 6.42 Å². The molecule has 0 aliphatic carbocycles. The number of hydrogen-bond donors (Lipinski definition) is 1. The molecule has 1 aliphatic heterocycles. The molecule has 0 spiro atoms. The highest BCUT2D eigenvalue weighted by atomic mass is 35.5. The highest BCUT2D eigenvalue weighted by Gasteiger charge is 2.17. The zero-order valence-electron chi connectivity index (χ0n) is 11.2. The highest BCUT2D eigenvalue weighted by molar-refractivity contribution is 6.33. The van der Waals surface area contributed by atoms with Gasteiger partial charge in [0.05, 0.1) is 22.9 Å². The van der Waals surface area contributed by atoms with Crippen molar-refractivity contribution in [3.63, 3.8) is 0 Å². The normalized spacial score (nSPS) is 15.2. The second-order valence-electron chi connectivity index (χ2n) is 4.57. The molecule has 1 amide bonds. The third kappa shape index (κ3) is 2.90. The van der Waals surface area contributed by atoms with Crippen LogP contribution in [0.4, 0.5) is 0 Å². The van der Waals surface area contributed by atoms with Gasteiger partial charge in [0.2, 0.25) is 0 Å². The Morgan fingerprint density at radius 2 is 1.90 bits per heavy atom. The van der Waals surface area contributed by atoms with E-state index in [1.165, 1.54) is 0 Å². The fraction of sp³-hybridized carbons (Fsp3) is 0.125. The quantitative estimate of drug-likeness (QED) is 0.866. The molecule has 0 radical (unpaired) electrons. The summed E-state index contributed by atoms with van der Waals surface area (Å²) >= 11 is 5.99. The van der Waals surface area contributed by atoms with E-state index in [4.69, 9.17) is 16.3 Å². The number of rotatable bonds is 2. The molecule has 0 bridgehead atoms. The molecular formula is C16H13ClN2O2. The molecule has 0 saturated carbocycles. The zero-order valence-corrected chi connectivity index (χ0v) is 11.9. The molecule has 1 aliphatic rings. The Labute approximate surface area is 127 Å². The van der Waals surface area contributed by atoms with Gasteiger partial charge >= 0.3 is 0 Å². The number of nitrogens with zero attached hydrogens (tertiary/aromatic N) is 1. The van der Waals surface area contributed by atoms with Gasteiger partial charge in [0.15, 0.2) is 0 Å². The van der Waals surface area contributed by atoms with E-state index in [-0.39, 0.29) is 5.91 Å². The number of carbonyl (C=O) groups excluding carboxylic acids is 1. The van der Waals surface area contributed by atoms with Crippen LogP contribution in [-0.2, 0) is 0 Å². The van der Waals surface area contributed by atoms with Crippen LogP contribution < -0.4 is 10.2 Å². The molecule has 106 valence electrons. The molecule has 3 rings (SSSR count). The van der Waals surface area contributed by atoms with Crippen molar-refractivity contribution in [1.82, 2.24) is 5.43 Å². The van der Waals surface area contributed by atoms with Crippen molar-refractivity contribution >= 4 is 23.2 Å². The number of hydrazone groups is 1. The third-order valence-corrected chi connectivity index (χ3v) is 3.53. The van der Waals surface area contributed by atoms with E-state index < -0.39 is 0 Å². The summed E-state index contributed by atoms with van der Waals surface area (Å²) in [7, 11) is 0. The Hall–Kier alpha value is -2.33. The van der Waals surface area contributed by atoms with E-state index in [9.17, 15) is 4.79 Å². The number of carbonyl (C=O) groups is 1. The first-order valence-corrected chi connectivity index (χ1v) is 6.97. The first kappa shape index (κ1) is 13.6. The Morgan fingerprint density at radius 1 is 1.14 bits per heavy atom. The van der Waals surface area contributed by atoms with Gasteiger partial charge in [-0.05, 0) is 24.3 Å². The van der Waals surface area contributed by atoms with Gasteiger partial charge in [-0.1, -0.05) is 35.9 Å². The minimum Gasteiger partial charge on any atom is -0.492 e. The number of hydrogen-bond acceptors (Lipinski definition) is 3. The van der Waals surface area contributed by atoms with E-state index >= 15 is 0 Å². The summed E-state index contributed by atoms with van der Waals surface area (Å²) in [4.78, 5) is 12.1. The third-order valence-electron chi connectivity index (χ3n) is 3.21. The first-order chi connectivity index (χ1) is 10.3. The average Bonchev–Trinajstić information content (AvgIpc) is 2.53. The van der Waals surface area contributed by atoms with Crippen molar-refractivity contribution in [2.24, 2.45) is 5.10 Å². The number of nitrogens with one attached hydrogen (secondary N) is 1. The molecule has 4 nitrogen and oxygen atoms in total. The fourth-order valence-electron chi connectivity index (χ4n) is 2.16. The number of halogens is 1. The molecule has 0 fully saturated rings. The van der Waals surface area contributed by atoms with E-state index in [0.29, 0.717) is 23.6 Å². The van der Waals surface area contributed by atoms with Crippen LogP contribution in [0.3, 0.4) is 0 Å². The lowest BCUT2D eigenvalue weighted by molar-refractivity contribution is 0.0954. The number of fused-ring (bicyclic) bond motifs is 1. The van der Waals surface area contributed by atoms with Gasteiger partial charge in [-0.15, -0.1) is 0 Å². The van der Waals surface area contributed by atoms with Crippen molar-refractivity contribution in [1.29, 1.82) is 0 Å². The van der Waals surface area contributed by atoms with Gasteiger partial charge in [0.25, 0.3) is 5.91 Å². The summed E-state index contributed by atoms with van der Waals surface area (Å²) in [5, 5.41) is 4.63. The van der Waals surface area contributed by atoms with Crippen molar-refractivity contribution in [3.05, 3.63) is 64.7 Å². The molecule has 2 aromatic rings. The molecule has 1 N–H and O–H groups in total. The van der Waals surface area contributed by atoms with Gasteiger partial charge in [0, 0.05) is 12.0 Å². The predicted molar refractivity (Wildman–Crippen MR) is 82.0 cm³/mol. The maximum absolute atomic E-state index is 12.1. The number of benzene rings is 2. The maximum atomic E-state index is 12.1. The highest BCUT2D eigenvalue weighted by Crippen LogP contribution is 2.24. The van der Waals surface area contributed by atoms with Crippen LogP contribution in [0, 0.1) is 0 Å². The van der Waals surface area contributed by atoms with Crippen molar-refractivity contribution < 1.29 is 9.53 Å². The van der Waals surface area contributed by atoms with Crippen LogP contribution in [0.5, 0.6) is 5.75 Å². The minimum atomic E-state index is -0.322. The lowest BCUT2D eigenvalue weighted by Crippen LogP contribution is -2.23. The minimum absolute atomic E-state index is 0.322. The van der Waals surface area contributed by atoms with Gasteiger partial charge in [-0.3, -0.25) is 4.79 Å². The van der Waals surface area contributed by atoms with E-state index in [2.05, 4.69) is 10.5 Å². The van der Waals surface area contributed by atoms with Crippen molar-refractivity contribution in [2.75, 3.05) is 6.61 Å². The lowest BCUT2D eigenvalue weighted by Gasteiger charge is -2.18. The summed E-state index contributed by atoms with van der Waals surface area (Å²) in [6.07, 6.45) is 0.653. The van der Waals surface area contributed by atoms with Crippen LogP contribution in [0.2, 0.25) is 5.02 Å². The molecule has 5 heteroatoms. The smallest absolute Gasteiger partial charge is 0.272 e. The maximum Gasteiger partial charge on any atom is 0.272 e. The Balaban J connectivity index is 1.82. The fourth-order valence-corrected chi connectivity index (χ4v) is 2.38. The molecule has 21 heavy (non-hydrogen) atoms. The molecule has 0 atom stereocenters. The average molecular weight is 301 g/mol. The Bertz CT molecular complexity index is 713. The SMILES string of the molecule is O=C(N/N=C1/CCOc2ccccc21)c1ccccc1Cl. The standard InChI is InChI=1S/C16H13ClN2O2/c17-13-7-3-1-5-11(13)16(20)19-18-14-9-10-21-15-8-4-2-6-12(14)15/h1-8H,9-10H2,(H,19,20)/b18-14-. The largest absolute Gasteiger partial charge is 0.492 e. The van der Waals surface area contributed by atoms with E-state index in [1.54, 1.807) is 24.3 Å². The van der Waals surface area contributed by atoms with E-state index in [0.717, 1.165) is 17.0 Å². The monoisotopic (exact) mass is 300 g/mol. The van der Waals surface area contributed by atoms with Gasteiger partial charge in [0.1, 0.15) is 5.75 Å². The zero-order chi connectivity index (χ0) is 14.7. The summed E-state index contributed by atoms with van der Waals surface area (Å²) < 4.78 is 5.55. The summed E-state index contributed by atoms with van der Waals surface area (Å²) in [6.45, 7) is 0.553. The van der Waals surface area contributed by atoms with Crippen molar-refractivity contribution in [3.8, 4) is 5.75 Å². The molecule has 0 saturated heterocycles. The molecule has 0 aromatic heterocycles. The second kappa shape index (κ2) is 5.97. The molecule has 2 aromatic carbocycles. The van der Waals surface area contributed by atoms with Crippen LogP contribution in [0.25, 0.3) is 0 Å². The predicted octanol–water partition coefficient (Wildman–Crippen LogP) is 3.26.